The van der Waals surface area contributed by atoms with Crippen molar-refractivity contribution in [2.45, 2.75) is 157 Å². The van der Waals surface area contributed by atoms with Crippen molar-refractivity contribution in [3.05, 3.63) is 64.6 Å². The van der Waals surface area contributed by atoms with Crippen molar-refractivity contribution >= 4 is 11.8 Å². The minimum Gasteiger partial charge on any atom is -0.460 e. The molecule has 6 aliphatic rings. The van der Waals surface area contributed by atoms with Crippen LogP contribution in [0.5, 0.6) is 0 Å². The van der Waals surface area contributed by atoms with Gasteiger partial charge in [-0.1, -0.05) is 110 Å². The maximum Gasteiger partial charge on any atom is 0.313 e. The molecule has 0 radical (unpaired) electrons. The first-order chi connectivity index (χ1) is 24.2. The van der Waals surface area contributed by atoms with E-state index in [0.29, 0.717) is 36.3 Å². The van der Waals surface area contributed by atoms with E-state index in [0.717, 1.165) is 55.7 Å². The number of aromatic nitrogens is 2. The Kier molecular flexibility index (Phi) is 8.62. The van der Waals surface area contributed by atoms with Crippen LogP contribution in [0.1, 0.15) is 148 Å². The van der Waals surface area contributed by atoms with E-state index in [2.05, 4.69) is 78.9 Å². The second-order valence-corrected chi connectivity index (χ2v) is 19.7. The molecule has 1 N–H and O–H groups in total. The summed E-state index contributed by atoms with van der Waals surface area (Å²) < 4.78 is 6.29. The number of ether oxygens (including phenoxy) is 1. The maximum atomic E-state index is 14.5. The molecule has 2 aromatic rings. The van der Waals surface area contributed by atoms with Gasteiger partial charge in [0, 0.05) is 17.0 Å². The van der Waals surface area contributed by atoms with Gasteiger partial charge in [-0.15, -0.1) is 0 Å². The number of fused-ring (bicyclic) bond motifs is 8. The number of allylic oxidation sites excluding steroid dienone is 2. The quantitative estimate of drug-likeness (QED) is 0.250. The average Bonchev–Trinajstić information content (AvgIpc) is 3.10. The van der Waals surface area contributed by atoms with E-state index in [1.165, 1.54) is 56.2 Å². The summed E-state index contributed by atoms with van der Waals surface area (Å²) in [5.74, 6) is 4.52. The van der Waals surface area contributed by atoms with E-state index < -0.39 is 5.41 Å². The molecule has 4 fully saturated rings. The molecule has 9 atom stereocenters. The van der Waals surface area contributed by atoms with Crippen molar-refractivity contribution in [3.63, 3.8) is 0 Å². The van der Waals surface area contributed by atoms with Gasteiger partial charge < -0.3 is 10.1 Å². The smallest absolute Gasteiger partial charge is 0.313 e. The normalized spacial score (nSPS) is 40.0. The third-order valence-corrected chi connectivity index (χ3v) is 17.0. The van der Waals surface area contributed by atoms with Crippen molar-refractivity contribution in [2.24, 2.45) is 51.2 Å². The van der Waals surface area contributed by atoms with Crippen LogP contribution in [0.4, 0.5) is 5.82 Å². The highest BCUT2D eigenvalue weighted by atomic mass is 16.5. The summed E-state index contributed by atoms with van der Waals surface area (Å²) in [6.45, 7) is 20.3. The highest BCUT2D eigenvalue weighted by Gasteiger charge is 2.69. The van der Waals surface area contributed by atoms with Gasteiger partial charge in [-0.05, 0) is 123 Å². The van der Waals surface area contributed by atoms with Gasteiger partial charge in [0.15, 0.2) is 0 Å². The molecule has 1 aromatic carbocycles. The predicted octanol–water partition coefficient (Wildman–Crippen LogP) is 10.9. The zero-order valence-corrected chi connectivity index (χ0v) is 33.0. The van der Waals surface area contributed by atoms with Gasteiger partial charge in [-0.3, -0.25) is 4.79 Å². The number of benzene rings is 1. The third kappa shape index (κ3) is 5.23. The lowest BCUT2D eigenvalue weighted by atomic mass is 9.33. The van der Waals surface area contributed by atoms with Crippen molar-refractivity contribution < 1.29 is 9.53 Å². The number of esters is 1. The molecule has 8 rings (SSSR count). The molecular weight excluding hydrogens is 627 g/mol. The molecule has 0 bridgehead atoms. The number of nitrogens with one attached hydrogen (secondary N) is 1. The summed E-state index contributed by atoms with van der Waals surface area (Å²) in [5, 5.41) is 4.00. The van der Waals surface area contributed by atoms with Crippen LogP contribution in [-0.4, -0.2) is 22.0 Å². The van der Waals surface area contributed by atoms with Gasteiger partial charge in [0.05, 0.1) is 11.1 Å². The lowest BCUT2D eigenvalue weighted by molar-refractivity contribution is -0.184. The summed E-state index contributed by atoms with van der Waals surface area (Å²) in [6.07, 6.45) is 17.9. The van der Waals surface area contributed by atoms with Crippen LogP contribution >= 0.6 is 0 Å². The number of carbonyl (C=O) groups is 1. The molecule has 51 heavy (non-hydrogen) atoms. The number of carbonyl (C=O) groups excluding carboxylic acids is 1. The molecule has 5 nitrogen and oxygen atoms in total. The fourth-order valence-electron chi connectivity index (χ4n) is 13.9. The molecule has 1 aromatic heterocycles. The number of hydrogen-bond acceptors (Lipinski definition) is 5. The zero-order chi connectivity index (χ0) is 36.0. The molecule has 5 heteroatoms. The average molecular weight is 692 g/mol. The van der Waals surface area contributed by atoms with E-state index >= 15 is 0 Å². The maximum absolute atomic E-state index is 14.5. The predicted molar refractivity (Wildman–Crippen MR) is 206 cm³/mol. The van der Waals surface area contributed by atoms with Crippen LogP contribution in [-0.2, 0) is 28.0 Å². The monoisotopic (exact) mass is 692 g/mol. The van der Waals surface area contributed by atoms with Gasteiger partial charge in [-0.25, -0.2) is 9.97 Å². The van der Waals surface area contributed by atoms with Crippen molar-refractivity contribution in [2.75, 3.05) is 5.32 Å². The first kappa shape index (κ1) is 35.3. The molecule has 0 saturated heterocycles. The Morgan fingerprint density at radius 1 is 0.882 bits per heavy atom. The van der Waals surface area contributed by atoms with Gasteiger partial charge in [0.25, 0.3) is 0 Å². The van der Waals surface area contributed by atoms with Crippen LogP contribution in [0.25, 0.3) is 0 Å². The molecule has 0 amide bonds. The fourth-order valence-corrected chi connectivity index (χ4v) is 13.9. The Morgan fingerprint density at radius 3 is 2.37 bits per heavy atom. The van der Waals surface area contributed by atoms with E-state index in [-0.39, 0.29) is 33.5 Å². The largest absolute Gasteiger partial charge is 0.460 e. The first-order valence-corrected chi connectivity index (χ1v) is 20.8. The lowest BCUT2D eigenvalue weighted by Gasteiger charge is -2.71. The summed E-state index contributed by atoms with van der Waals surface area (Å²) in [6, 6.07) is 10.8. The Morgan fingerprint density at radius 2 is 1.63 bits per heavy atom. The molecule has 6 aliphatic carbocycles. The van der Waals surface area contributed by atoms with Gasteiger partial charge in [0.1, 0.15) is 18.2 Å². The molecule has 0 spiro atoms. The molecule has 0 unspecified atom stereocenters. The van der Waals surface area contributed by atoms with E-state index in [1.54, 1.807) is 5.57 Å². The summed E-state index contributed by atoms with van der Waals surface area (Å²) in [4.78, 5) is 24.9. The Labute approximate surface area is 308 Å². The van der Waals surface area contributed by atoms with Crippen LogP contribution in [0.2, 0.25) is 0 Å². The highest BCUT2D eigenvalue weighted by Crippen LogP contribution is 2.75. The Hall–Kier alpha value is -2.69. The van der Waals surface area contributed by atoms with Gasteiger partial charge in [0.2, 0.25) is 0 Å². The van der Waals surface area contributed by atoms with Crippen LogP contribution in [0, 0.1) is 58.2 Å². The number of aryl methyl sites for hydroxylation is 1. The van der Waals surface area contributed by atoms with Crippen LogP contribution in [0.15, 0.2) is 42.0 Å². The minimum absolute atomic E-state index is 0.0250. The fraction of sp³-hybridized carbons (Fsp3) is 0.717. The standard InChI is InChI=1S/C46H65N3O2/c1-29-21-24-46(41(50)51-28-32-15-11-9-12-16-32)26-25-44(7)35(38(46)30(29)2)19-20-37-43(6)27-34-39(42(4,5)36(43)22-23-45(37,44)8)47-31(3)48-40(34)49-33-17-13-10-14-18-33/h9,11-12,15-16,19,29-30,33,36-38H,10,13-14,17-18,20-28H2,1-8H3,(H,47,48,49)/t29-,30+,36+,37-,38+,43+,44-,45-,46+/m1/s1. The molecule has 0 aliphatic heterocycles. The second-order valence-electron chi connectivity index (χ2n) is 19.7. The molecule has 276 valence electrons. The first-order valence-electron chi connectivity index (χ1n) is 20.8. The SMILES string of the molecule is Cc1nc(NC2CCCCC2)c2c(n1)C(C)(C)[C@@H]1CC[C@]3(C)[C@H](CC=C4[C@@H]5[C@@H](C)[C@H](C)CC[C@]5(C(=O)OCc5ccccc5)CC[C@]43C)[C@@]1(C)C2. The number of anilines is 1. The minimum atomic E-state index is -0.420. The van der Waals surface area contributed by atoms with Gasteiger partial charge in [-0.2, -0.15) is 0 Å². The molecule has 1 heterocycles. The number of rotatable bonds is 5. The topological polar surface area (TPSA) is 64.1 Å². The summed E-state index contributed by atoms with van der Waals surface area (Å²) in [7, 11) is 0. The van der Waals surface area contributed by atoms with Crippen molar-refractivity contribution in [1.29, 1.82) is 0 Å². The van der Waals surface area contributed by atoms with Gasteiger partial charge >= 0.3 is 5.97 Å². The van der Waals surface area contributed by atoms with E-state index in [1.807, 2.05) is 18.2 Å². The second kappa shape index (κ2) is 12.4. The van der Waals surface area contributed by atoms with Crippen LogP contribution in [0.3, 0.4) is 0 Å². The molecular formula is C46H65N3O2. The Bertz CT molecular complexity index is 1690. The zero-order valence-electron chi connectivity index (χ0n) is 33.0. The Balaban J connectivity index is 1.17. The van der Waals surface area contributed by atoms with Crippen molar-refractivity contribution in [3.8, 4) is 0 Å². The molecule has 4 saturated carbocycles. The highest BCUT2D eigenvalue weighted by molar-refractivity contribution is 5.79. The van der Waals surface area contributed by atoms with Crippen molar-refractivity contribution in [1.82, 2.24) is 9.97 Å². The summed E-state index contributed by atoms with van der Waals surface area (Å²) >= 11 is 0. The number of nitrogens with zero attached hydrogens (tertiary/aromatic N) is 2. The van der Waals surface area contributed by atoms with E-state index in [4.69, 9.17) is 14.7 Å². The number of hydrogen-bond donors (Lipinski definition) is 1. The lowest BCUT2D eigenvalue weighted by Crippen LogP contribution is -2.65. The summed E-state index contributed by atoms with van der Waals surface area (Å²) in [5.41, 5.74) is 5.28. The van der Waals surface area contributed by atoms with Crippen LogP contribution < -0.4 is 5.32 Å². The van der Waals surface area contributed by atoms with E-state index in [9.17, 15) is 4.79 Å². The third-order valence-electron chi connectivity index (χ3n) is 17.0.